The molecule has 0 fully saturated rings. The second-order valence-electron chi connectivity index (χ2n) is 13.1. The lowest BCUT2D eigenvalue weighted by atomic mass is 10.0. The second-order valence-corrected chi connectivity index (χ2v) is 13.1. The molecule has 0 saturated carbocycles. The first-order valence-corrected chi connectivity index (χ1v) is 18.1. The standard InChI is InChI=1S/C23H24N2O3.C22H22N2O3/c1-4-16-9-10-22(28-15(2)3)20(11-16)23(27)25-18(14-26)12-17-13-24-21-8-6-5-7-19(17)21;1-3-15-9-10-21(27-4-2)19(11-15)22(26)24-17(14-25)12-16-13-23-20-8-6-5-7-18(16)20/h1,5-11,13,15,18,24,26H,12,14H2,2-3H3,(H,25,27);1,5-11,13,17,23,25H,4,12,14H2,2H3,(H,24,26)/t18-;17-/m11/s1. The third-order valence-corrected chi connectivity index (χ3v) is 8.84. The zero-order chi connectivity index (χ0) is 39.3. The summed E-state index contributed by atoms with van der Waals surface area (Å²) in [4.78, 5) is 32.1. The predicted octanol–water partition coefficient (Wildman–Crippen LogP) is 6.15. The highest BCUT2D eigenvalue weighted by Gasteiger charge is 2.21. The minimum atomic E-state index is -0.437. The Morgan fingerprint density at radius 3 is 1.60 bits per heavy atom. The number of rotatable bonds is 14. The van der Waals surface area contributed by atoms with Gasteiger partial charge in [0.25, 0.3) is 11.8 Å². The van der Waals surface area contributed by atoms with Crippen molar-refractivity contribution in [1.82, 2.24) is 20.6 Å². The Labute approximate surface area is 321 Å². The molecule has 0 spiro atoms. The summed E-state index contributed by atoms with van der Waals surface area (Å²) in [5.41, 5.74) is 6.04. The number of fused-ring (bicyclic) bond motifs is 2. The van der Waals surface area contributed by atoms with Crippen molar-refractivity contribution in [3.63, 3.8) is 0 Å². The molecule has 6 rings (SSSR count). The quantitative estimate of drug-likeness (QED) is 0.0739. The second kappa shape index (κ2) is 19.0. The summed E-state index contributed by atoms with van der Waals surface area (Å²) in [5, 5.41) is 27.5. The monoisotopic (exact) mass is 738 g/mol. The van der Waals surface area contributed by atoms with Gasteiger partial charge in [-0.2, -0.15) is 0 Å². The molecule has 55 heavy (non-hydrogen) atoms. The number of ether oxygens (including phenoxy) is 2. The molecule has 0 aliphatic rings. The molecule has 2 heterocycles. The van der Waals surface area contributed by atoms with Gasteiger partial charge in [0.2, 0.25) is 0 Å². The maximum atomic E-state index is 12.9. The van der Waals surface area contributed by atoms with Crippen LogP contribution in [0.25, 0.3) is 21.8 Å². The van der Waals surface area contributed by atoms with Crippen LogP contribution < -0.4 is 20.1 Å². The van der Waals surface area contributed by atoms with Gasteiger partial charge in [-0.05, 0) is 93.3 Å². The normalized spacial score (nSPS) is 11.9. The zero-order valence-electron chi connectivity index (χ0n) is 31.2. The summed E-state index contributed by atoms with van der Waals surface area (Å²) < 4.78 is 11.3. The highest BCUT2D eigenvalue weighted by Crippen LogP contribution is 2.24. The van der Waals surface area contributed by atoms with E-state index >= 15 is 0 Å². The Hall–Kier alpha value is -6.46. The number of carbonyl (C=O) groups is 2. The number of hydrogen-bond acceptors (Lipinski definition) is 6. The number of hydrogen-bond donors (Lipinski definition) is 6. The van der Waals surface area contributed by atoms with Crippen molar-refractivity contribution >= 4 is 33.6 Å². The number of benzene rings is 4. The molecule has 6 N–H and O–H groups in total. The Kier molecular flexibility index (Phi) is 13.8. The van der Waals surface area contributed by atoms with Gasteiger partial charge in [-0.3, -0.25) is 9.59 Å². The maximum absolute atomic E-state index is 12.9. The highest BCUT2D eigenvalue weighted by atomic mass is 16.5. The third kappa shape index (κ3) is 10.2. The summed E-state index contributed by atoms with van der Waals surface area (Å²) >= 11 is 0. The lowest BCUT2D eigenvalue weighted by Gasteiger charge is -2.19. The summed E-state index contributed by atoms with van der Waals surface area (Å²) in [6, 6.07) is 25.1. The number of terminal acetylenes is 2. The smallest absolute Gasteiger partial charge is 0.255 e. The Morgan fingerprint density at radius 1 is 0.709 bits per heavy atom. The van der Waals surface area contributed by atoms with Crippen LogP contribution in [0.15, 0.2) is 97.3 Å². The molecule has 0 radical (unpaired) electrons. The molecule has 0 bridgehead atoms. The maximum Gasteiger partial charge on any atom is 0.255 e. The Bertz CT molecular complexity index is 2330. The largest absolute Gasteiger partial charge is 0.493 e. The summed E-state index contributed by atoms with van der Waals surface area (Å²) in [6.07, 6.45) is 15.7. The van der Waals surface area contributed by atoms with Gasteiger partial charge in [0, 0.05) is 45.3 Å². The highest BCUT2D eigenvalue weighted by molar-refractivity contribution is 5.98. The van der Waals surface area contributed by atoms with Gasteiger partial charge in [0.05, 0.1) is 49.1 Å². The fraction of sp³-hybridized carbons (Fsp3) is 0.244. The van der Waals surface area contributed by atoms with Gasteiger partial charge in [-0.15, -0.1) is 12.8 Å². The van der Waals surface area contributed by atoms with E-state index in [4.69, 9.17) is 22.3 Å². The molecule has 282 valence electrons. The average molecular weight is 739 g/mol. The van der Waals surface area contributed by atoms with E-state index in [9.17, 15) is 19.8 Å². The molecule has 2 aromatic heterocycles. The first-order valence-electron chi connectivity index (χ1n) is 18.1. The van der Waals surface area contributed by atoms with Crippen LogP contribution in [-0.2, 0) is 12.8 Å². The number of aliphatic hydroxyl groups excluding tert-OH is 2. The van der Waals surface area contributed by atoms with Crippen molar-refractivity contribution in [3.05, 3.63) is 131 Å². The third-order valence-electron chi connectivity index (χ3n) is 8.84. The minimum Gasteiger partial charge on any atom is -0.493 e. The van der Waals surface area contributed by atoms with E-state index in [2.05, 4.69) is 32.4 Å². The van der Waals surface area contributed by atoms with Crippen LogP contribution in [-0.4, -0.2) is 70.0 Å². The number of amides is 2. The number of aromatic amines is 2. The van der Waals surface area contributed by atoms with Crippen molar-refractivity contribution in [2.75, 3.05) is 19.8 Å². The molecule has 0 aliphatic carbocycles. The molecular formula is C45H46N4O6. The van der Waals surface area contributed by atoms with Gasteiger partial charge < -0.3 is 40.3 Å². The molecule has 0 unspecified atom stereocenters. The molecule has 2 amide bonds. The van der Waals surface area contributed by atoms with Crippen LogP contribution in [0.4, 0.5) is 0 Å². The minimum absolute atomic E-state index is 0.0805. The molecule has 4 aromatic carbocycles. The van der Waals surface area contributed by atoms with Crippen LogP contribution in [0.2, 0.25) is 0 Å². The molecule has 10 nitrogen and oxygen atoms in total. The zero-order valence-corrected chi connectivity index (χ0v) is 31.2. The molecule has 10 heteroatoms. The van der Waals surface area contributed by atoms with Crippen LogP contribution in [0.1, 0.15) is 63.7 Å². The van der Waals surface area contributed by atoms with E-state index in [1.165, 1.54) is 0 Å². The molecular weight excluding hydrogens is 693 g/mol. The SMILES string of the molecule is C#Cc1ccc(OC(C)C)c(C(=O)N[C@@H](CO)Cc2c[nH]c3ccccc23)c1.C#Cc1ccc(OCC)c(C(=O)N[C@@H](CO)Cc2c[nH]c3ccccc23)c1. The number of carbonyl (C=O) groups excluding carboxylic acids is 2. The van der Waals surface area contributed by atoms with E-state index in [-0.39, 0.29) is 31.1 Å². The van der Waals surface area contributed by atoms with Gasteiger partial charge in [0.1, 0.15) is 11.5 Å². The van der Waals surface area contributed by atoms with Gasteiger partial charge in [-0.25, -0.2) is 0 Å². The van der Waals surface area contributed by atoms with Crippen molar-refractivity contribution in [3.8, 4) is 36.2 Å². The van der Waals surface area contributed by atoms with Crippen molar-refractivity contribution in [2.45, 2.75) is 51.8 Å². The van der Waals surface area contributed by atoms with Gasteiger partial charge in [-0.1, -0.05) is 48.2 Å². The fourth-order valence-corrected chi connectivity index (χ4v) is 6.21. The van der Waals surface area contributed by atoms with Crippen LogP contribution >= 0.6 is 0 Å². The van der Waals surface area contributed by atoms with Gasteiger partial charge in [0.15, 0.2) is 0 Å². The van der Waals surface area contributed by atoms with Crippen molar-refractivity contribution in [2.24, 2.45) is 0 Å². The number of nitrogens with one attached hydrogen (secondary N) is 4. The van der Waals surface area contributed by atoms with E-state index < -0.39 is 12.1 Å². The molecule has 6 aromatic rings. The van der Waals surface area contributed by atoms with Gasteiger partial charge >= 0.3 is 0 Å². The fourth-order valence-electron chi connectivity index (χ4n) is 6.21. The summed E-state index contributed by atoms with van der Waals surface area (Å²) in [7, 11) is 0. The first-order chi connectivity index (χ1) is 26.7. The lowest BCUT2D eigenvalue weighted by molar-refractivity contribution is 0.0903. The van der Waals surface area contributed by atoms with E-state index in [1.807, 2.05) is 81.7 Å². The summed E-state index contributed by atoms with van der Waals surface area (Å²) in [5.74, 6) is 5.35. The van der Waals surface area contributed by atoms with Crippen molar-refractivity contribution < 1.29 is 29.3 Å². The average Bonchev–Trinajstić information content (AvgIpc) is 3.81. The molecule has 0 saturated heterocycles. The number of aromatic nitrogens is 2. The van der Waals surface area contributed by atoms with E-state index in [0.29, 0.717) is 53.2 Å². The predicted molar refractivity (Wildman–Crippen MR) is 216 cm³/mol. The number of aliphatic hydroxyl groups is 2. The molecule has 0 aliphatic heterocycles. The number of para-hydroxylation sites is 2. The number of H-pyrrole nitrogens is 2. The van der Waals surface area contributed by atoms with Crippen molar-refractivity contribution in [1.29, 1.82) is 0 Å². The van der Waals surface area contributed by atoms with Crippen LogP contribution in [0.5, 0.6) is 11.5 Å². The Balaban J connectivity index is 0.000000211. The van der Waals surface area contributed by atoms with E-state index in [0.717, 1.165) is 32.9 Å². The Morgan fingerprint density at radius 2 is 1.16 bits per heavy atom. The lowest BCUT2D eigenvalue weighted by Crippen LogP contribution is -2.39. The summed E-state index contributed by atoms with van der Waals surface area (Å²) in [6.45, 7) is 5.72. The first kappa shape index (κ1) is 39.7. The topological polar surface area (TPSA) is 149 Å². The van der Waals surface area contributed by atoms with Crippen LogP contribution in [0.3, 0.4) is 0 Å². The van der Waals surface area contributed by atoms with Crippen LogP contribution in [0, 0.1) is 24.7 Å². The molecule has 2 atom stereocenters. The van der Waals surface area contributed by atoms with E-state index in [1.54, 1.807) is 36.4 Å².